The molecular formula is C20H24N4O4S2. The predicted molar refractivity (Wildman–Crippen MR) is 117 cm³/mol. The van der Waals surface area contributed by atoms with E-state index in [2.05, 4.69) is 22.1 Å². The molecule has 1 aromatic carbocycles. The summed E-state index contributed by atoms with van der Waals surface area (Å²) in [5.74, 6) is 0.316. The number of hydrogen-bond donors (Lipinski definition) is 1. The van der Waals surface area contributed by atoms with Crippen molar-refractivity contribution < 1.29 is 18.0 Å². The Bertz CT molecular complexity index is 1080. The van der Waals surface area contributed by atoms with Crippen molar-refractivity contribution in [3.05, 3.63) is 48.3 Å². The van der Waals surface area contributed by atoms with Crippen LogP contribution in [0.25, 0.3) is 0 Å². The predicted octanol–water partition coefficient (Wildman–Crippen LogP) is 2.69. The van der Waals surface area contributed by atoms with Gasteiger partial charge < -0.3 is 9.88 Å². The minimum atomic E-state index is -3.05. The molecule has 0 aliphatic carbocycles. The number of ketones is 1. The second kappa shape index (κ2) is 9.13. The maximum Gasteiger partial charge on any atom is 0.237 e. The van der Waals surface area contributed by atoms with Gasteiger partial charge in [-0.1, -0.05) is 30.0 Å². The normalized spacial score (nSPS) is 18.7. The van der Waals surface area contributed by atoms with E-state index in [9.17, 15) is 18.0 Å². The number of rotatable bonds is 8. The van der Waals surface area contributed by atoms with Gasteiger partial charge in [0.2, 0.25) is 5.91 Å². The van der Waals surface area contributed by atoms with Crippen LogP contribution in [0.3, 0.4) is 0 Å². The fourth-order valence-electron chi connectivity index (χ4n) is 3.26. The van der Waals surface area contributed by atoms with E-state index in [0.717, 1.165) is 0 Å². The lowest BCUT2D eigenvalue weighted by Crippen LogP contribution is -2.23. The Morgan fingerprint density at radius 2 is 2.17 bits per heavy atom. The van der Waals surface area contributed by atoms with Crippen molar-refractivity contribution >= 4 is 39.0 Å². The number of anilines is 1. The Morgan fingerprint density at radius 1 is 1.40 bits per heavy atom. The first-order chi connectivity index (χ1) is 14.2. The number of thioether (sulfide) groups is 1. The van der Waals surface area contributed by atoms with Crippen molar-refractivity contribution in [3.63, 3.8) is 0 Å². The lowest BCUT2D eigenvalue weighted by Gasteiger charge is -2.14. The Labute approximate surface area is 180 Å². The summed E-state index contributed by atoms with van der Waals surface area (Å²) >= 11 is 1.24. The largest absolute Gasteiger partial charge is 0.325 e. The Hall–Kier alpha value is -2.46. The van der Waals surface area contributed by atoms with E-state index >= 15 is 0 Å². The summed E-state index contributed by atoms with van der Waals surface area (Å²) in [7, 11) is -3.05. The SMILES string of the molecule is C=CCn1c(S[C@@H](C)C(=O)Nc2cccc(C(C)=O)c2)nnc1[C@@H]1CCS(=O)(=O)C1. The molecule has 0 radical (unpaired) electrons. The van der Waals surface area contributed by atoms with Gasteiger partial charge in [-0.05, 0) is 32.4 Å². The fourth-order valence-corrected chi connectivity index (χ4v) is 5.86. The molecule has 30 heavy (non-hydrogen) atoms. The number of benzene rings is 1. The van der Waals surface area contributed by atoms with Gasteiger partial charge in [0.05, 0.1) is 16.8 Å². The van der Waals surface area contributed by atoms with E-state index in [4.69, 9.17) is 0 Å². The minimum absolute atomic E-state index is 0.0650. The van der Waals surface area contributed by atoms with Gasteiger partial charge in [0.25, 0.3) is 0 Å². The lowest BCUT2D eigenvalue weighted by molar-refractivity contribution is -0.115. The molecule has 1 aromatic heterocycles. The van der Waals surface area contributed by atoms with E-state index in [-0.39, 0.29) is 29.1 Å². The van der Waals surface area contributed by atoms with Gasteiger partial charge >= 0.3 is 0 Å². The van der Waals surface area contributed by atoms with Gasteiger partial charge in [-0.15, -0.1) is 16.8 Å². The van der Waals surface area contributed by atoms with Crippen molar-refractivity contribution in [1.82, 2.24) is 14.8 Å². The number of Topliss-reactive ketones (excluding diaryl/α,β-unsaturated/α-hetero) is 1. The third-order valence-corrected chi connectivity index (χ3v) is 7.69. The van der Waals surface area contributed by atoms with Crippen LogP contribution in [-0.4, -0.2) is 51.6 Å². The lowest BCUT2D eigenvalue weighted by atomic mass is 10.1. The molecule has 0 spiro atoms. The number of hydrogen-bond acceptors (Lipinski definition) is 7. The Kier molecular flexibility index (Phi) is 6.77. The molecule has 0 saturated carbocycles. The van der Waals surface area contributed by atoms with E-state index in [1.54, 1.807) is 37.3 Å². The minimum Gasteiger partial charge on any atom is -0.325 e. The van der Waals surface area contributed by atoms with Crippen molar-refractivity contribution in [3.8, 4) is 0 Å². The number of carbonyl (C=O) groups excluding carboxylic acids is 2. The Morgan fingerprint density at radius 3 is 2.80 bits per heavy atom. The second-order valence-corrected chi connectivity index (χ2v) is 10.8. The first-order valence-electron chi connectivity index (χ1n) is 9.53. The van der Waals surface area contributed by atoms with Crippen LogP contribution in [0.1, 0.15) is 42.4 Å². The van der Waals surface area contributed by atoms with E-state index in [0.29, 0.717) is 35.2 Å². The molecule has 2 atom stereocenters. The molecule has 1 saturated heterocycles. The summed E-state index contributed by atoms with van der Waals surface area (Å²) in [5, 5.41) is 11.3. The van der Waals surface area contributed by atoms with E-state index in [1.165, 1.54) is 18.7 Å². The van der Waals surface area contributed by atoms with Gasteiger partial charge in [0, 0.05) is 23.7 Å². The van der Waals surface area contributed by atoms with Crippen LogP contribution < -0.4 is 5.32 Å². The molecule has 10 heteroatoms. The number of nitrogens with one attached hydrogen (secondary N) is 1. The second-order valence-electron chi connectivity index (χ2n) is 7.23. The molecule has 1 N–H and O–H groups in total. The smallest absolute Gasteiger partial charge is 0.237 e. The summed E-state index contributed by atoms with van der Waals surface area (Å²) < 4.78 is 25.5. The van der Waals surface area contributed by atoms with Crippen LogP contribution in [0.5, 0.6) is 0 Å². The molecule has 1 amide bonds. The molecule has 0 unspecified atom stereocenters. The summed E-state index contributed by atoms with van der Waals surface area (Å²) in [6.45, 7) is 7.40. The standard InChI is InChI=1S/C20H24N4O4S2/c1-4-9-24-18(16-8-10-30(27,28)12-16)22-23-20(24)29-14(3)19(26)21-17-7-5-6-15(11-17)13(2)25/h4-7,11,14,16H,1,8-10,12H2,2-3H3,(H,21,26)/t14-,16+/m0/s1. The zero-order valence-electron chi connectivity index (χ0n) is 16.9. The average Bonchev–Trinajstić information content (AvgIpc) is 3.25. The average molecular weight is 449 g/mol. The third kappa shape index (κ3) is 5.17. The molecule has 160 valence electrons. The zero-order chi connectivity index (χ0) is 21.9. The number of nitrogens with zero attached hydrogens (tertiary/aromatic N) is 3. The fraction of sp³-hybridized carbons (Fsp3) is 0.400. The molecule has 8 nitrogen and oxygen atoms in total. The van der Waals surface area contributed by atoms with E-state index < -0.39 is 15.1 Å². The monoisotopic (exact) mass is 448 g/mol. The molecule has 1 aliphatic heterocycles. The zero-order valence-corrected chi connectivity index (χ0v) is 18.5. The number of carbonyl (C=O) groups is 2. The molecule has 1 fully saturated rings. The summed E-state index contributed by atoms with van der Waals surface area (Å²) in [6.07, 6.45) is 2.21. The highest BCUT2D eigenvalue weighted by Gasteiger charge is 2.33. The molecule has 3 rings (SSSR count). The number of amides is 1. The maximum atomic E-state index is 12.6. The van der Waals surface area contributed by atoms with Gasteiger partial charge in [0.15, 0.2) is 20.8 Å². The van der Waals surface area contributed by atoms with Gasteiger partial charge in [-0.3, -0.25) is 9.59 Å². The summed E-state index contributed by atoms with van der Waals surface area (Å²) in [6, 6.07) is 6.77. The van der Waals surface area contributed by atoms with Crippen molar-refractivity contribution in [2.75, 3.05) is 16.8 Å². The maximum absolute atomic E-state index is 12.6. The van der Waals surface area contributed by atoms with Gasteiger partial charge in [-0.25, -0.2) is 8.42 Å². The molecule has 2 aromatic rings. The molecular weight excluding hydrogens is 424 g/mol. The number of sulfone groups is 1. The molecule has 2 heterocycles. The molecule has 1 aliphatic rings. The number of allylic oxidation sites excluding steroid dienone is 1. The first kappa shape index (κ1) is 22.2. The van der Waals surface area contributed by atoms with Crippen LogP contribution in [0.15, 0.2) is 42.1 Å². The van der Waals surface area contributed by atoms with Crippen LogP contribution in [-0.2, 0) is 21.2 Å². The van der Waals surface area contributed by atoms with E-state index in [1.807, 2.05) is 4.57 Å². The highest BCUT2D eigenvalue weighted by Crippen LogP contribution is 2.31. The summed E-state index contributed by atoms with van der Waals surface area (Å²) in [4.78, 5) is 24.2. The van der Waals surface area contributed by atoms with Crippen LogP contribution >= 0.6 is 11.8 Å². The van der Waals surface area contributed by atoms with Crippen molar-refractivity contribution in [2.24, 2.45) is 0 Å². The summed E-state index contributed by atoms with van der Waals surface area (Å²) in [5.41, 5.74) is 1.07. The molecule has 0 bridgehead atoms. The quantitative estimate of drug-likeness (QED) is 0.375. The highest BCUT2D eigenvalue weighted by atomic mass is 32.2. The van der Waals surface area contributed by atoms with Crippen LogP contribution in [0.2, 0.25) is 0 Å². The topological polar surface area (TPSA) is 111 Å². The first-order valence-corrected chi connectivity index (χ1v) is 12.2. The third-order valence-electron chi connectivity index (χ3n) is 4.84. The van der Waals surface area contributed by atoms with Crippen LogP contribution in [0.4, 0.5) is 5.69 Å². The number of aromatic nitrogens is 3. The van der Waals surface area contributed by atoms with Gasteiger partial charge in [0.1, 0.15) is 5.82 Å². The van der Waals surface area contributed by atoms with Gasteiger partial charge in [-0.2, -0.15) is 0 Å². The van der Waals surface area contributed by atoms with Crippen molar-refractivity contribution in [2.45, 2.75) is 43.1 Å². The Balaban J connectivity index is 1.73. The van der Waals surface area contributed by atoms with Crippen molar-refractivity contribution in [1.29, 1.82) is 0 Å². The van der Waals surface area contributed by atoms with Crippen LogP contribution in [0, 0.1) is 0 Å². The highest BCUT2D eigenvalue weighted by molar-refractivity contribution is 8.00.